The fourth-order valence-corrected chi connectivity index (χ4v) is 6.25. The van der Waals surface area contributed by atoms with E-state index in [0.29, 0.717) is 6.54 Å². The van der Waals surface area contributed by atoms with Crippen LogP contribution in [0, 0.1) is 0 Å². The van der Waals surface area contributed by atoms with Gasteiger partial charge in [-0.05, 0) is 74.2 Å². The summed E-state index contributed by atoms with van der Waals surface area (Å²) in [5.41, 5.74) is 14.4. The molecule has 5 aromatic carbocycles. The lowest BCUT2D eigenvalue weighted by molar-refractivity contribution is 0.660. The van der Waals surface area contributed by atoms with Crippen molar-refractivity contribution in [3.63, 3.8) is 0 Å². The van der Waals surface area contributed by atoms with E-state index < -0.39 is 0 Å². The van der Waals surface area contributed by atoms with Crippen molar-refractivity contribution in [1.29, 1.82) is 0 Å². The highest BCUT2D eigenvalue weighted by molar-refractivity contribution is 6.05. The summed E-state index contributed by atoms with van der Waals surface area (Å²) in [4.78, 5) is 9.94. The van der Waals surface area contributed by atoms with Gasteiger partial charge in [-0.3, -0.25) is 4.99 Å². The Morgan fingerprint density at radius 1 is 0.692 bits per heavy atom. The molecule has 2 aliphatic rings. The lowest BCUT2D eigenvalue weighted by Crippen LogP contribution is -2.15. The van der Waals surface area contributed by atoms with Crippen LogP contribution in [0.2, 0.25) is 0 Å². The molecular weight excluding hydrogens is 472 g/mol. The van der Waals surface area contributed by atoms with Gasteiger partial charge in [0, 0.05) is 17.2 Å². The van der Waals surface area contributed by atoms with Crippen LogP contribution in [0.5, 0.6) is 0 Å². The van der Waals surface area contributed by atoms with Gasteiger partial charge in [-0.15, -0.1) is 0 Å². The molecule has 2 nitrogen and oxygen atoms in total. The molecule has 39 heavy (non-hydrogen) atoms. The molecule has 0 aliphatic heterocycles. The maximum atomic E-state index is 5.10. The van der Waals surface area contributed by atoms with Crippen molar-refractivity contribution in [3.8, 4) is 22.3 Å². The van der Waals surface area contributed by atoms with Crippen molar-refractivity contribution in [2.75, 3.05) is 0 Å². The zero-order valence-corrected chi connectivity index (χ0v) is 22.4. The third kappa shape index (κ3) is 4.04. The standard InChI is InChI=1S/C37H30N2/c1-37(2)33-19-11-17-28(24-39-36(26-14-7-4-8-15-26)38-23-25-12-5-3-6-13-25)35(33)32-21-29-20-27-16-9-10-18-30(27)31(29)22-34(32)37/h3-19,21-23H,20,24H2,1-2H3. The summed E-state index contributed by atoms with van der Waals surface area (Å²) < 4.78 is 0. The molecule has 0 aromatic heterocycles. The molecule has 0 amide bonds. The highest BCUT2D eigenvalue weighted by atomic mass is 14.9. The molecule has 0 radical (unpaired) electrons. The number of benzene rings is 5. The normalized spacial score (nSPS) is 14.7. The number of nitrogens with zero attached hydrogens (tertiary/aromatic N) is 2. The van der Waals surface area contributed by atoms with E-state index in [4.69, 9.17) is 9.98 Å². The van der Waals surface area contributed by atoms with Crippen molar-refractivity contribution in [3.05, 3.63) is 154 Å². The number of rotatable bonds is 4. The molecule has 7 rings (SSSR count). The molecule has 0 saturated heterocycles. The van der Waals surface area contributed by atoms with E-state index in [9.17, 15) is 0 Å². The van der Waals surface area contributed by atoms with E-state index in [1.165, 1.54) is 50.1 Å². The van der Waals surface area contributed by atoms with Crippen LogP contribution in [-0.4, -0.2) is 12.1 Å². The van der Waals surface area contributed by atoms with E-state index in [1.807, 2.05) is 42.6 Å². The smallest absolute Gasteiger partial charge is 0.154 e. The second kappa shape index (κ2) is 9.32. The van der Waals surface area contributed by atoms with Crippen LogP contribution < -0.4 is 0 Å². The molecule has 0 saturated carbocycles. The van der Waals surface area contributed by atoms with E-state index in [-0.39, 0.29) is 5.41 Å². The van der Waals surface area contributed by atoms with Gasteiger partial charge in [0.1, 0.15) is 0 Å². The summed E-state index contributed by atoms with van der Waals surface area (Å²) in [6.45, 7) is 5.29. The molecule has 5 aromatic rings. The lowest BCUT2D eigenvalue weighted by atomic mass is 9.81. The Labute approximate surface area is 230 Å². The summed E-state index contributed by atoms with van der Waals surface area (Å²) in [5.74, 6) is 0.749. The highest BCUT2D eigenvalue weighted by Crippen LogP contribution is 2.53. The first-order valence-corrected chi connectivity index (χ1v) is 13.7. The molecular formula is C37H30N2. The van der Waals surface area contributed by atoms with Gasteiger partial charge in [0.05, 0.1) is 6.54 Å². The number of hydrogen-bond acceptors (Lipinski definition) is 1. The van der Waals surface area contributed by atoms with Gasteiger partial charge in [0.25, 0.3) is 0 Å². The van der Waals surface area contributed by atoms with Gasteiger partial charge in [-0.1, -0.05) is 117 Å². The Balaban J connectivity index is 1.31. The second-order valence-electron chi connectivity index (χ2n) is 11.0. The van der Waals surface area contributed by atoms with Crippen LogP contribution in [0.3, 0.4) is 0 Å². The van der Waals surface area contributed by atoms with Crippen LogP contribution in [0.1, 0.15) is 52.8 Å². The molecule has 188 valence electrons. The van der Waals surface area contributed by atoms with Gasteiger partial charge in [-0.25, -0.2) is 4.99 Å². The minimum atomic E-state index is -0.0648. The predicted octanol–water partition coefficient (Wildman–Crippen LogP) is 8.63. The molecule has 2 heteroatoms. The molecule has 0 unspecified atom stereocenters. The Morgan fingerprint density at radius 2 is 1.44 bits per heavy atom. The summed E-state index contributed by atoms with van der Waals surface area (Å²) >= 11 is 0. The topological polar surface area (TPSA) is 24.7 Å². The molecule has 2 aliphatic carbocycles. The number of fused-ring (bicyclic) bond motifs is 6. The van der Waals surface area contributed by atoms with Crippen molar-refractivity contribution in [2.45, 2.75) is 32.2 Å². The monoisotopic (exact) mass is 502 g/mol. The first-order chi connectivity index (χ1) is 19.1. The molecule has 0 fully saturated rings. The molecule has 0 N–H and O–H groups in total. The summed E-state index contributed by atoms with van der Waals surface area (Å²) in [6.07, 6.45) is 2.90. The van der Waals surface area contributed by atoms with Gasteiger partial charge >= 0.3 is 0 Å². The Hall–Kier alpha value is -4.56. The number of amidine groups is 1. The van der Waals surface area contributed by atoms with Crippen LogP contribution in [-0.2, 0) is 18.4 Å². The molecule has 0 atom stereocenters. The number of aliphatic imine (C=N–C) groups is 2. The van der Waals surface area contributed by atoms with Crippen molar-refractivity contribution >= 4 is 12.1 Å². The summed E-state index contributed by atoms with van der Waals surface area (Å²) in [6, 6.07) is 41.0. The van der Waals surface area contributed by atoms with Crippen LogP contribution in [0.25, 0.3) is 22.3 Å². The summed E-state index contributed by atoms with van der Waals surface area (Å²) in [5, 5.41) is 0. The number of hydrogen-bond donors (Lipinski definition) is 0. The van der Waals surface area contributed by atoms with Gasteiger partial charge in [-0.2, -0.15) is 0 Å². The highest BCUT2D eigenvalue weighted by Gasteiger charge is 2.38. The van der Waals surface area contributed by atoms with Gasteiger partial charge in [0.2, 0.25) is 0 Å². The van der Waals surface area contributed by atoms with E-state index in [2.05, 4.69) is 92.7 Å². The van der Waals surface area contributed by atoms with Crippen LogP contribution in [0.15, 0.2) is 125 Å². The predicted molar refractivity (Wildman–Crippen MR) is 163 cm³/mol. The molecule has 0 spiro atoms. The third-order valence-electron chi connectivity index (χ3n) is 8.27. The van der Waals surface area contributed by atoms with Crippen LogP contribution >= 0.6 is 0 Å². The van der Waals surface area contributed by atoms with Gasteiger partial charge < -0.3 is 0 Å². The largest absolute Gasteiger partial charge is 0.261 e. The average Bonchev–Trinajstić information content (AvgIpc) is 3.45. The van der Waals surface area contributed by atoms with Crippen molar-refractivity contribution in [2.24, 2.45) is 9.98 Å². The third-order valence-corrected chi connectivity index (χ3v) is 8.27. The molecule has 0 bridgehead atoms. The zero-order valence-electron chi connectivity index (χ0n) is 22.4. The second-order valence-corrected chi connectivity index (χ2v) is 11.0. The minimum absolute atomic E-state index is 0.0648. The van der Waals surface area contributed by atoms with Gasteiger partial charge in [0.15, 0.2) is 5.84 Å². The SMILES string of the molecule is CC1(C)c2cc3c(cc2-c2c(CN=C(N=Cc4ccccc4)c4ccccc4)cccc21)Cc1ccccc1-3. The summed E-state index contributed by atoms with van der Waals surface area (Å²) in [7, 11) is 0. The minimum Gasteiger partial charge on any atom is -0.261 e. The van der Waals surface area contributed by atoms with E-state index in [1.54, 1.807) is 0 Å². The quantitative estimate of drug-likeness (QED) is 0.170. The maximum absolute atomic E-state index is 5.10. The van der Waals surface area contributed by atoms with E-state index >= 15 is 0 Å². The van der Waals surface area contributed by atoms with Crippen molar-refractivity contribution in [1.82, 2.24) is 0 Å². The van der Waals surface area contributed by atoms with Crippen LogP contribution in [0.4, 0.5) is 0 Å². The van der Waals surface area contributed by atoms with Crippen molar-refractivity contribution < 1.29 is 0 Å². The fraction of sp³-hybridized carbons (Fsp3) is 0.135. The zero-order chi connectivity index (χ0) is 26.4. The first-order valence-electron chi connectivity index (χ1n) is 13.7. The fourth-order valence-electron chi connectivity index (χ4n) is 6.25. The Morgan fingerprint density at radius 3 is 2.26 bits per heavy atom. The van der Waals surface area contributed by atoms with E-state index in [0.717, 1.165) is 23.4 Å². The average molecular weight is 503 g/mol. The maximum Gasteiger partial charge on any atom is 0.154 e. The Bertz CT molecular complexity index is 1760. The lowest BCUT2D eigenvalue weighted by Gasteiger charge is -2.22. The first kappa shape index (κ1) is 23.5. The Kier molecular flexibility index (Phi) is 5.63. The molecule has 0 heterocycles.